The van der Waals surface area contributed by atoms with Crippen LogP contribution in [0, 0.1) is 11.8 Å². The number of aliphatic hydroxyl groups excluding tert-OH is 1. The zero-order valence-corrected chi connectivity index (χ0v) is 9.44. The predicted octanol–water partition coefficient (Wildman–Crippen LogP) is 1.62. The molecule has 0 saturated heterocycles. The molecule has 1 heterocycles. The SMILES string of the molecule is CC(C)C(Cc1cnn(C)c1)C(C)O. The Morgan fingerprint density at radius 2 is 2.07 bits per heavy atom. The fraction of sp³-hybridized carbons (Fsp3) is 0.727. The lowest BCUT2D eigenvalue weighted by atomic mass is 9.86. The summed E-state index contributed by atoms with van der Waals surface area (Å²) in [6, 6.07) is 0. The zero-order valence-electron chi connectivity index (χ0n) is 9.44. The molecule has 0 aliphatic carbocycles. The van der Waals surface area contributed by atoms with E-state index in [2.05, 4.69) is 18.9 Å². The van der Waals surface area contributed by atoms with Gasteiger partial charge in [-0.15, -0.1) is 0 Å². The lowest BCUT2D eigenvalue weighted by molar-refractivity contribution is 0.0977. The molecule has 0 bridgehead atoms. The fourth-order valence-corrected chi connectivity index (χ4v) is 1.81. The molecular weight excluding hydrogens is 176 g/mol. The highest BCUT2D eigenvalue weighted by Gasteiger charge is 2.19. The van der Waals surface area contributed by atoms with Crippen LogP contribution in [-0.2, 0) is 13.5 Å². The van der Waals surface area contributed by atoms with Crippen molar-refractivity contribution in [2.75, 3.05) is 0 Å². The molecular formula is C11H20N2O. The van der Waals surface area contributed by atoms with Crippen molar-refractivity contribution in [1.82, 2.24) is 9.78 Å². The van der Waals surface area contributed by atoms with Gasteiger partial charge in [0.2, 0.25) is 0 Å². The van der Waals surface area contributed by atoms with Gasteiger partial charge in [-0.05, 0) is 30.7 Å². The standard InChI is InChI=1S/C11H20N2O/c1-8(2)11(9(3)14)5-10-6-12-13(4)7-10/h6-9,11,14H,5H2,1-4H3. The first kappa shape index (κ1) is 11.2. The van der Waals surface area contributed by atoms with Crippen LogP contribution in [0.4, 0.5) is 0 Å². The third kappa shape index (κ3) is 2.84. The minimum absolute atomic E-state index is 0.254. The van der Waals surface area contributed by atoms with Crippen LogP contribution in [0.2, 0.25) is 0 Å². The molecule has 1 aromatic rings. The molecule has 0 aromatic carbocycles. The van der Waals surface area contributed by atoms with Crippen LogP contribution in [0.3, 0.4) is 0 Å². The van der Waals surface area contributed by atoms with Crippen LogP contribution in [-0.4, -0.2) is 21.0 Å². The Bertz CT molecular complexity index is 271. The molecule has 2 unspecified atom stereocenters. The zero-order chi connectivity index (χ0) is 10.7. The lowest BCUT2D eigenvalue weighted by Crippen LogP contribution is -2.24. The van der Waals surface area contributed by atoms with Crippen LogP contribution in [0.25, 0.3) is 0 Å². The Kier molecular flexibility index (Phi) is 3.69. The summed E-state index contributed by atoms with van der Waals surface area (Å²) in [6.07, 6.45) is 4.54. The molecule has 0 spiro atoms. The van der Waals surface area contributed by atoms with Gasteiger partial charge in [-0.25, -0.2) is 0 Å². The molecule has 1 aromatic heterocycles. The molecule has 80 valence electrons. The molecule has 1 rings (SSSR count). The van der Waals surface area contributed by atoms with Crippen LogP contribution in [0.1, 0.15) is 26.3 Å². The van der Waals surface area contributed by atoms with Crippen molar-refractivity contribution in [3.05, 3.63) is 18.0 Å². The molecule has 2 atom stereocenters. The first-order valence-electron chi connectivity index (χ1n) is 5.16. The van der Waals surface area contributed by atoms with Crippen molar-refractivity contribution in [1.29, 1.82) is 0 Å². The van der Waals surface area contributed by atoms with Gasteiger partial charge in [0.25, 0.3) is 0 Å². The van der Waals surface area contributed by atoms with Gasteiger partial charge in [0.05, 0.1) is 12.3 Å². The fourth-order valence-electron chi connectivity index (χ4n) is 1.81. The number of aryl methyl sites for hydroxylation is 1. The first-order chi connectivity index (χ1) is 6.50. The molecule has 3 heteroatoms. The first-order valence-corrected chi connectivity index (χ1v) is 5.16. The van der Waals surface area contributed by atoms with E-state index in [0.29, 0.717) is 11.8 Å². The molecule has 0 aliphatic rings. The van der Waals surface area contributed by atoms with Gasteiger partial charge in [-0.3, -0.25) is 4.68 Å². The normalized spacial score (nSPS) is 15.9. The number of hydrogen-bond acceptors (Lipinski definition) is 2. The van der Waals surface area contributed by atoms with Gasteiger partial charge >= 0.3 is 0 Å². The quantitative estimate of drug-likeness (QED) is 0.794. The highest BCUT2D eigenvalue weighted by atomic mass is 16.3. The summed E-state index contributed by atoms with van der Waals surface area (Å²) in [7, 11) is 1.91. The summed E-state index contributed by atoms with van der Waals surface area (Å²) in [4.78, 5) is 0. The summed E-state index contributed by atoms with van der Waals surface area (Å²) in [5.41, 5.74) is 1.20. The second-order valence-corrected chi connectivity index (χ2v) is 4.37. The average Bonchev–Trinajstić information content (AvgIpc) is 2.46. The third-order valence-electron chi connectivity index (χ3n) is 2.71. The second-order valence-electron chi connectivity index (χ2n) is 4.37. The van der Waals surface area contributed by atoms with Gasteiger partial charge in [-0.1, -0.05) is 13.8 Å². The van der Waals surface area contributed by atoms with E-state index in [9.17, 15) is 5.11 Å². The van der Waals surface area contributed by atoms with Crippen molar-refractivity contribution in [3.8, 4) is 0 Å². The Labute approximate surface area is 85.8 Å². The molecule has 0 radical (unpaired) electrons. The van der Waals surface area contributed by atoms with Gasteiger partial charge < -0.3 is 5.11 Å². The summed E-state index contributed by atoms with van der Waals surface area (Å²) < 4.78 is 1.80. The van der Waals surface area contributed by atoms with E-state index >= 15 is 0 Å². The van der Waals surface area contributed by atoms with E-state index in [1.165, 1.54) is 5.56 Å². The van der Waals surface area contributed by atoms with Crippen molar-refractivity contribution >= 4 is 0 Å². The number of rotatable bonds is 4. The van der Waals surface area contributed by atoms with Gasteiger partial charge in [0, 0.05) is 13.2 Å². The maximum absolute atomic E-state index is 9.62. The van der Waals surface area contributed by atoms with Crippen LogP contribution in [0.15, 0.2) is 12.4 Å². The predicted molar refractivity (Wildman–Crippen MR) is 56.9 cm³/mol. The Balaban J connectivity index is 2.64. The number of nitrogens with zero attached hydrogens (tertiary/aromatic N) is 2. The highest BCUT2D eigenvalue weighted by molar-refractivity contribution is 5.05. The smallest absolute Gasteiger partial charge is 0.0545 e. The monoisotopic (exact) mass is 196 g/mol. The van der Waals surface area contributed by atoms with Gasteiger partial charge in [-0.2, -0.15) is 5.10 Å². The lowest BCUT2D eigenvalue weighted by Gasteiger charge is -2.22. The molecule has 14 heavy (non-hydrogen) atoms. The average molecular weight is 196 g/mol. The maximum atomic E-state index is 9.62. The van der Waals surface area contributed by atoms with E-state index in [1.807, 2.05) is 26.4 Å². The van der Waals surface area contributed by atoms with Crippen LogP contribution < -0.4 is 0 Å². The van der Waals surface area contributed by atoms with Crippen molar-refractivity contribution < 1.29 is 5.11 Å². The Morgan fingerprint density at radius 1 is 1.43 bits per heavy atom. The Morgan fingerprint density at radius 3 is 2.43 bits per heavy atom. The summed E-state index contributed by atoms with van der Waals surface area (Å²) in [5.74, 6) is 0.814. The summed E-state index contributed by atoms with van der Waals surface area (Å²) in [6.45, 7) is 6.16. The van der Waals surface area contributed by atoms with E-state index in [-0.39, 0.29) is 6.10 Å². The molecule has 0 amide bonds. The molecule has 0 fully saturated rings. The number of aliphatic hydroxyl groups is 1. The molecule has 0 aliphatic heterocycles. The molecule has 1 N–H and O–H groups in total. The highest BCUT2D eigenvalue weighted by Crippen LogP contribution is 2.20. The molecule has 3 nitrogen and oxygen atoms in total. The topological polar surface area (TPSA) is 38.0 Å². The third-order valence-corrected chi connectivity index (χ3v) is 2.71. The van der Waals surface area contributed by atoms with E-state index in [0.717, 1.165) is 6.42 Å². The summed E-state index contributed by atoms with van der Waals surface area (Å²) >= 11 is 0. The van der Waals surface area contributed by atoms with E-state index in [4.69, 9.17) is 0 Å². The van der Waals surface area contributed by atoms with Gasteiger partial charge in [0.15, 0.2) is 0 Å². The van der Waals surface area contributed by atoms with Gasteiger partial charge in [0.1, 0.15) is 0 Å². The Hall–Kier alpha value is -0.830. The van der Waals surface area contributed by atoms with Crippen molar-refractivity contribution in [2.24, 2.45) is 18.9 Å². The number of aromatic nitrogens is 2. The molecule has 0 saturated carbocycles. The second kappa shape index (κ2) is 4.60. The minimum Gasteiger partial charge on any atom is -0.393 e. The van der Waals surface area contributed by atoms with Crippen LogP contribution in [0.5, 0.6) is 0 Å². The van der Waals surface area contributed by atoms with Crippen molar-refractivity contribution in [2.45, 2.75) is 33.3 Å². The summed E-state index contributed by atoms with van der Waals surface area (Å²) in [5, 5.41) is 13.7. The van der Waals surface area contributed by atoms with Crippen LogP contribution >= 0.6 is 0 Å². The maximum Gasteiger partial charge on any atom is 0.0545 e. The van der Waals surface area contributed by atoms with Crippen molar-refractivity contribution in [3.63, 3.8) is 0 Å². The van der Waals surface area contributed by atoms with E-state index < -0.39 is 0 Å². The number of hydrogen-bond donors (Lipinski definition) is 1. The minimum atomic E-state index is -0.254. The van der Waals surface area contributed by atoms with E-state index in [1.54, 1.807) is 4.68 Å². The largest absolute Gasteiger partial charge is 0.393 e.